The number of pyridine rings is 1. The molecular formula is C39H41F3N8O5S. The molecule has 4 aliphatic rings. The van der Waals surface area contributed by atoms with Gasteiger partial charge in [0, 0.05) is 67.3 Å². The number of anilines is 5. The second-order valence-electron chi connectivity index (χ2n) is 14.4. The number of aryl methyl sites for hydroxylation is 2. The van der Waals surface area contributed by atoms with Gasteiger partial charge in [-0.2, -0.15) is 13.2 Å². The average molecular weight is 791 g/mol. The van der Waals surface area contributed by atoms with Gasteiger partial charge in [0.2, 0.25) is 5.91 Å². The first-order chi connectivity index (χ1) is 26.9. The first-order valence-corrected chi connectivity index (χ1v) is 19.4. The number of benzene rings is 1. The molecule has 0 radical (unpaired) electrons. The van der Waals surface area contributed by atoms with E-state index in [0.29, 0.717) is 55.4 Å². The van der Waals surface area contributed by atoms with Crippen LogP contribution < -0.4 is 26.0 Å². The van der Waals surface area contributed by atoms with Crippen molar-refractivity contribution in [1.82, 2.24) is 19.4 Å². The number of nitrogens with zero attached hydrogens (tertiary/aromatic N) is 6. The van der Waals surface area contributed by atoms with Gasteiger partial charge >= 0.3 is 6.18 Å². The van der Waals surface area contributed by atoms with E-state index in [2.05, 4.69) is 27.2 Å². The van der Waals surface area contributed by atoms with Crippen molar-refractivity contribution in [1.29, 1.82) is 0 Å². The number of halogens is 3. The van der Waals surface area contributed by atoms with E-state index >= 15 is 0 Å². The maximum absolute atomic E-state index is 14.5. The minimum absolute atomic E-state index is 0.0508. The summed E-state index contributed by atoms with van der Waals surface area (Å²) in [6, 6.07) is 4.19. The molecule has 56 heavy (non-hydrogen) atoms. The third-order valence-electron chi connectivity index (χ3n) is 11.0. The smallest absolute Gasteiger partial charge is 0.392 e. The predicted octanol–water partition coefficient (Wildman–Crippen LogP) is 4.80. The highest BCUT2D eigenvalue weighted by Gasteiger charge is 2.48. The second-order valence-corrected chi connectivity index (χ2v) is 15.5. The summed E-state index contributed by atoms with van der Waals surface area (Å²) in [5.41, 5.74) is 3.58. The first kappa shape index (κ1) is 37.8. The van der Waals surface area contributed by atoms with E-state index in [1.54, 1.807) is 34.3 Å². The fourth-order valence-corrected chi connectivity index (χ4v) is 9.46. The van der Waals surface area contributed by atoms with E-state index in [4.69, 9.17) is 4.74 Å². The number of hydrogen-bond donors (Lipinski definition) is 3. The molecule has 1 atom stereocenters. The van der Waals surface area contributed by atoms with Crippen molar-refractivity contribution in [2.45, 2.75) is 57.0 Å². The minimum atomic E-state index is -4.57. The molecule has 2 saturated heterocycles. The molecule has 1 aromatic carbocycles. The van der Waals surface area contributed by atoms with Crippen LogP contribution in [0.1, 0.15) is 44.1 Å². The van der Waals surface area contributed by atoms with E-state index in [1.165, 1.54) is 50.5 Å². The standard InChI is InChI=1S/C39H41F3N8O5S/c1-3-33(52)45-28-16-22(8-9-30(28)49-15-14-48(23-20-55-21-23)18-32(49)39(40,41)42)44-35-38(54)47(2)17-29(46-35)24-10-12-43-36(27(24)19-51)50-13-11-26-25-6-4-5-7-31(25)56-34(26)37(50)53/h3,8-10,12,16-17,23,32,51H,1,4-7,11,13-15,18-21H2,2H3,(H,44,46)(H,45,52)/t32-/m1/s1. The maximum atomic E-state index is 14.5. The number of hydrogen-bond acceptors (Lipinski definition) is 11. The number of rotatable bonds is 9. The van der Waals surface area contributed by atoms with Gasteiger partial charge in [-0.1, -0.05) is 6.58 Å². The zero-order chi connectivity index (χ0) is 39.3. The highest BCUT2D eigenvalue weighted by Crippen LogP contribution is 2.41. The summed E-state index contributed by atoms with van der Waals surface area (Å²) >= 11 is 1.56. The molecule has 0 spiro atoms. The van der Waals surface area contributed by atoms with Crippen LogP contribution in [-0.2, 0) is 42.4 Å². The van der Waals surface area contributed by atoms with Crippen molar-refractivity contribution < 1.29 is 32.6 Å². The lowest BCUT2D eigenvalue weighted by Crippen LogP contribution is -2.64. The zero-order valence-electron chi connectivity index (χ0n) is 30.7. The van der Waals surface area contributed by atoms with Crippen LogP contribution in [0.25, 0.3) is 11.3 Å². The van der Waals surface area contributed by atoms with Gasteiger partial charge in [-0.25, -0.2) is 9.97 Å². The Morgan fingerprint density at radius 3 is 2.64 bits per heavy atom. The molecular weight excluding hydrogens is 750 g/mol. The van der Waals surface area contributed by atoms with Gasteiger partial charge in [-0.05, 0) is 73.6 Å². The van der Waals surface area contributed by atoms with Crippen LogP contribution in [0.5, 0.6) is 0 Å². The Kier molecular flexibility index (Phi) is 10.2. The molecule has 8 rings (SSSR count). The van der Waals surface area contributed by atoms with Gasteiger partial charge in [0.25, 0.3) is 11.5 Å². The average Bonchev–Trinajstić information content (AvgIpc) is 3.55. The van der Waals surface area contributed by atoms with E-state index in [0.717, 1.165) is 42.2 Å². The van der Waals surface area contributed by atoms with Crippen LogP contribution in [0, 0.1) is 0 Å². The van der Waals surface area contributed by atoms with Gasteiger partial charge in [0.15, 0.2) is 5.82 Å². The van der Waals surface area contributed by atoms with Crippen LogP contribution in [-0.4, -0.2) is 94.0 Å². The molecule has 2 fully saturated rings. The van der Waals surface area contributed by atoms with Gasteiger partial charge in [-0.15, -0.1) is 11.3 Å². The van der Waals surface area contributed by atoms with Crippen LogP contribution in [0.15, 0.2) is 54.1 Å². The van der Waals surface area contributed by atoms with Crippen molar-refractivity contribution >= 4 is 51.8 Å². The van der Waals surface area contributed by atoms with Crippen LogP contribution in [0.3, 0.4) is 0 Å². The van der Waals surface area contributed by atoms with E-state index in [-0.39, 0.29) is 47.9 Å². The SMILES string of the molecule is C=CC(=O)Nc1cc(Nc2nc(-c3ccnc(N4CCc5c(sc6c5CCCC6)C4=O)c3CO)cn(C)c2=O)ccc1N1CCN(C2COC2)C[C@@H]1C(F)(F)F. The molecule has 0 bridgehead atoms. The third kappa shape index (κ3) is 6.97. The Hall–Kier alpha value is -5.10. The van der Waals surface area contributed by atoms with Crippen LogP contribution in [0.4, 0.5) is 41.9 Å². The third-order valence-corrected chi connectivity index (χ3v) is 12.4. The number of aromatic nitrogens is 3. The Balaban J connectivity index is 1.11. The van der Waals surface area contributed by atoms with E-state index in [9.17, 15) is 32.7 Å². The fourth-order valence-electron chi connectivity index (χ4n) is 8.07. The lowest BCUT2D eigenvalue weighted by Gasteiger charge is -2.48. The monoisotopic (exact) mass is 790 g/mol. The molecule has 4 aromatic rings. The number of thiophene rings is 1. The number of carbonyl (C=O) groups excluding carboxylic acids is 2. The number of nitrogens with one attached hydrogen (secondary N) is 2. The summed E-state index contributed by atoms with van der Waals surface area (Å²) in [7, 11) is 1.54. The summed E-state index contributed by atoms with van der Waals surface area (Å²) < 4.78 is 50.1. The number of alkyl halides is 3. The number of fused-ring (bicyclic) bond motifs is 3. The Bertz CT molecular complexity index is 2270. The summed E-state index contributed by atoms with van der Waals surface area (Å²) in [5.74, 6) is -0.580. The molecule has 17 heteroatoms. The van der Waals surface area contributed by atoms with Crippen molar-refractivity contribution in [3.63, 3.8) is 0 Å². The lowest BCUT2D eigenvalue weighted by atomic mass is 9.92. The van der Waals surface area contributed by atoms with Gasteiger partial charge in [-0.3, -0.25) is 24.2 Å². The quantitative estimate of drug-likeness (QED) is 0.203. The highest BCUT2D eigenvalue weighted by molar-refractivity contribution is 7.14. The molecule has 3 N–H and O–H groups in total. The normalized spacial score (nSPS) is 18.9. The number of amides is 2. The van der Waals surface area contributed by atoms with Crippen LogP contribution >= 0.6 is 11.3 Å². The number of aliphatic hydroxyl groups is 1. The number of piperazine rings is 1. The number of ether oxygens (including phenoxy) is 1. The van der Waals surface area contributed by atoms with Crippen LogP contribution in [0.2, 0.25) is 0 Å². The number of carbonyl (C=O) groups is 2. The second kappa shape index (κ2) is 15.1. The molecule has 13 nitrogen and oxygen atoms in total. The van der Waals surface area contributed by atoms with Gasteiger partial charge in [0.05, 0.1) is 47.8 Å². The molecule has 3 aliphatic heterocycles. The summed E-state index contributed by atoms with van der Waals surface area (Å²) in [5, 5.41) is 16.3. The Morgan fingerprint density at radius 1 is 1.11 bits per heavy atom. The molecule has 6 heterocycles. The summed E-state index contributed by atoms with van der Waals surface area (Å²) in [4.78, 5) is 55.7. The largest absolute Gasteiger partial charge is 0.409 e. The van der Waals surface area contributed by atoms with Crippen molar-refractivity contribution in [2.24, 2.45) is 7.05 Å². The zero-order valence-corrected chi connectivity index (χ0v) is 31.5. The molecule has 0 saturated carbocycles. The minimum Gasteiger partial charge on any atom is -0.392 e. The summed E-state index contributed by atoms with van der Waals surface area (Å²) in [6.45, 7) is 4.38. The molecule has 1 aliphatic carbocycles. The molecule has 2 amide bonds. The van der Waals surface area contributed by atoms with E-state index < -0.39 is 30.3 Å². The molecule has 0 unspecified atom stereocenters. The summed E-state index contributed by atoms with van der Waals surface area (Å²) in [6.07, 6.45) is 4.39. The molecule has 3 aromatic heterocycles. The first-order valence-electron chi connectivity index (χ1n) is 18.6. The fraction of sp³-hybridized carbons (Fsp3) is 0.410. The topological polar surface area (TPSA) is 145 Å². The number of aliphatic hydroxyl groups excluding tert-OH is 1. The Morgan fingerprint density at radius 2 is 1.91 bits per heavy atom. The van der Waals surface area contributed by atoms with Gasteiger partial charge < -0.3 is 29.9 Å². The van der Waals surface area contributed by atoms with Crippen molar-refractivity contribution in [3.8, 4) is 11.3 Å². The predicted molar refractivity (Wildman–Crippen MR) is 207 cm³/mol. The van der Waals surface area contributed by atoms with Gasteiger partial charge in [0.1, 0.15) is 11.9 Å². The highest BCUT2D eigenvalue weighted by atomic mass is 32.1. The maximum Gasteiger partial charge on any atom is 0.409 e. The lowest BCUT2D eigenvalue weighted by molar-refractivity contribution is -0.165. The Labute approximate surface area is 324 Å². The molecule has 294 valence electrons. The van der Waals surface area contributed by atoms with Crippen molar-refractivity contribution in [2.75, 3.05) is 59.8 Å². The van der Waals surface area contributed by atoms with E-state index in [1.807, 2.05) is 0 Å². The van der Waals surface area contributed by atoms with Crippen molar-refractivity contribution in [3.05, 3.63) is 86.1 Å².